The molecule has 0 unspecified atom stereocenters. The molecule has 0 bridgehead atoms. The summed E-state index contributed by atoms with van der Waals surface area (Å²) in [6.07, 6.45) is 3.65. The largest absolute Gasteiger partial charge is 0.384 e. The van der Waals surface area contributed by atoms with Gasteiger partial charge >= 0.3 is 0 Å². The fourth-order valence-electron chi connectivity index (χ4n) is 3.74. The third-order valence-electron chi connectivity index (χ3n) is 5.04. The Morgan fingerprint density at radius 3 is 2.93 bits per heavy atom. The van der Waals surface area contributed by atoms with E-state index in [0.717, 1.165) is 33.4 Å². The number of fused-ring (bicyclic) bond motifs is 2. The van der Waals surface area contributed by atoms with Gasteiger partial charge in [0.15, 0.2) is 0 Å². The molecule has 0 spiro atoms. The van der Waals surface area contributed by atoms with Crippen LogP contribution in [0.1, 0.15) is 24.0 Å². The van der Waals surface area contributed by atoms with E-state index >= 15 is 4.39 Å². The first-order valence-electron chi connectivity index (χ1n) is 8.86. The van der Waals surface area contributed by atoms with E-state index < -0.39 is 0 Å². The highest BCUT2D eigenvalue weighted by Crippen LogP contribution is 2.38. The summed E-state index contributed by atoms with van der Waals surface area (Å²) < 4.78 is 22.4. The number of nitrogens with one attached hydrogen (secondary N) is 2. The van der Waals surface area contributed by atoms with Crippen molar-refractivity contribution in [3.63, 3.8) is 0 Å². The number of H-pyrrole nitrogens is 1. The average Bonchev–Trinajstić information content (AvgIpc) is 3.28. The zero-order valence-electron chi connectivity index (χ0n) is 15.8. The molecule has 0 saturated carbocycles. The van der Waals surface area contributed by atoms with Crippen LogP contribution >= 0.6 is 0 Å². The molecular weight excluding hydrogens is 345 g/mol. The SMILES string of the molecule is CNc1cc2cc(-c3c(C)c(F)c([C@H](C)COC)c4[nH]ncc34)ccn2n1. The number of aromatic nitrogens is 4. The van der Waals surface area contributed by atoms with Gasteiger partial charge in [0.1, 0.15) is 11.6 Å². The Kier molecular flexibility index (Phi) is 4.31. The minimum Gasteiger partial charge on any atom is -0.384 e. The molecule has 0 aliphatic carbocycles. The number of pyridine rings is 1. The molecule has 6 nitrogen and oxygen atoms in total. The lowest BCUT2D eigenvalue weighted by Gasteiger charge is -2.18. The molecule has 7 heteroatoms. The second kappa shape index (κ2) is 6.66. The number of methoxy groups -OCH3 is 1. The second-order valence-corrected chi connectivity index (χ2v) is 6.81. The highest BCUT2D eigenvalue weighted by Gasteiger charge is 2.23. The summed E-state index contributed by atoms with van der Waals surface area (Å²) in [5, 5.41) is 15.5. The fraction of sp³-hybridized carbons (Fsp3) is 0.300. The third kappa shape index (κ3) is 2.75. The van der Waals surface area contributed by atoms with E-state index in [-0.39, 0.29) is 11.7 Å². The van der Waals surface area contributed by atoms with Crippen molar-refractivity contribution in [1.82, 2.24) is 19.8 Å². The molecule has 0 fully saturated rings. The second-order valence-electron chi connectivity index (χ2n) is 6.81. The highest BCUT2D eigenvalue weighted by atomic mass is 19.1. The van der Waals surface area contributed by atoms with E-state index in [1.54, 1.807) is 17.8 Å². The Labute approximate surface area is 156 Å². The van der Waals surface area contributed by atoms with Crippen LogP contribution in [0, 0.1) is 12.7 Å². The molecular formula is C20H22FN5O. The van der Waals surface area contributed by atoms with E-state index in [9.17, 15) is 0 Å². The van der Waals surface area contributed by atoms with Crippen molar-refractivity contribution in [2.75, 3.05) is 26.1 Å². The Hall–Kier alpha value is -2.93. The number of benzene rings is 1. The summed E-state index contributed by atoms with van der Waals surface area (Å²) in [7, 11) is 3.46. The zero-order chi connectivity index (χ0) is 19.1. The molecule has 1 aromatic carbocycles. The summed E-state index contributed by atoms with van der Waals surface area (Å²) in [5.41, 5.74) is 4.67. The molecule has 0 radical (unpaired) electrons. The molecule has 27 heavy (non-hydrogen) atoms. The van der Waals surface area contributed by atoms with Crippen molar-refractivity contribution in [1.29, 1.82) is 0 Å². The van der Waals surface area contributed by atoms with Crippen LogP contribution in [-0.4, -0.2) is 40.6 Å². The van der Waals surface area contributed by atoms with Crippen molar-refractivity contribution in [2.24, 2.45) is 0 Å². The molecule has 0 aliphatic heterocycles. The topological polar surface area (TPSA) is 67.2 Å². The minimum atomic E-state index is -0.212. The van der Waals surface area contributed by atoms with E-state index in [4.69, 9.17) is 4.74 Å². The van der Waals surface area contributed by atoms with Crippen molar-refractivity contribution in [2.45, 2.75) is 19.8 Å². The van der Waals surface area contributed by atoms with Gasteiger partial charge in [0.2, 0.25) is 0 Å². The van der Waals surface area contributed by atoms with E-state index in [1.807, 2.05) is 45.3 Å². The van der Waals surface area contributed by atoms with Crippen LogP contribution in [0.4, 0.5) is 10.2 Å². The van der Waals surface area contributed by atoms with Crippen molar-refractivity contribution in [3.8, 4) is 11.1 Å². The van der Waals surface area contributed by atoms with Gasteiger partial charge in [-0.05, 0) is 35.7 Å². The number of anilines is 1. The van der Waals surface area contributed by atoms with Crippen molar-refractivity contribution < 1.29 is 9.13 Å². The predicted molar refractivity (Wildman–Crippen MR) is 105 cm³/mol. The van der Waals surface area contributed by atoms with Crippen molar-refractivity contribution >= 4 is 22.2 Å². The Morgan fingerprint density at radius 1 is 1.37 bits per heavy atom. The molecule has 3 aromatic heterocycles. The van der Waals surface area contributed by atoms with Gasteiger partial charge in [0.25, 0.3) is 0 Å². The summed E-state index contributed by atoms with van der Waals surface area (Å²) in [5.74, 6) is 0.490. The zero-order valence-corrected chi connectivity index (χ0v) is 15.8. The van der Waals surface area contributed by atoms with Crippen LogP contribution in [0.25, 0.3) is 27.5 Å². The first-order chi connectivity index (χ1) is 13.0. The number of rotatable bonds is 5. The lowest BCUT2D eigenvalue weighted by atomic mass is 9.89. The molecule has 2 N–H and O–H groups in total. The number of ether oxygens (including phenoxy) is 1. The summed E-state index contributed by atoms with van der Waals surface area (Å²) in [6.45, 7) is 4.22. The molecule has 0 saturated heterocycles. The maximum absolute atomic E-state index is 15.4. The van der Waals surface area contributed by atoms with E-state index in [0.29, 0.717) is 17.7 Å². The molecule has 140 valence electrons. The minimum absolute atomic E-state index is 0.0822. The third-order valence-corrected chi connectivity index (χ3v) is 5.04. The molecule has 0 amide bonds. The first kappa shape index (κ1) is 17.5. The van der Waals surface area contributed by atoms with Gasteiger partial charge in [-0.2, -0.15) is 10.2 Å². The summed E-state index contributed by atoms with van der Waals surface area (Å²) in [6, 6.07) is 5.92. The average molecular weight is 367 g/mol. The van der Waals surface area contributed by atoms with Crippen LogP contribution in [0.5, 0.6) is 0 Å². The predicted octanol–water partition coefficient (Wildman–Crippen LogP) is 4.12. The van der Waals surface area contributed by atoms with Gasteiger partial charge in [0, 0.05) is 43.3 Å². The number of nitrogens with zero attached hydrogens (tertiary/aromatic N) is 3. The lowest BCUT2D eigenvalue weighted by molar-refractivity contribution is 0.183. The number of aromatic amines is 1. The van der Waals surface area contributed by atoms with Crippen LogP contribution in [-0.2, 0) is 4.74 Å². The maximum atomic E-state index is 15.4. The smallest absolute Gasteiger partial charge is 0.148 e. The monoisotopic (exact) mass is 367 g/mol. The Balaban J connectivity index is 1.96. The van der Waals surface area contributed by atoms with Gasteiger partial charge < -0.3 is 10.1 Å². The first-order valence-corrected chi connectivity index (χ1v) is 8.86. The number of halogens is 1. The molecule has 4 aromatic rings. The fourth-order valence-corrected chi connectivity index (χ4v) is 3.74. The number of hydrogen-bond donors (Lipinski definition) is 2. The summed E-state index contributed by atoms with van der Waals surface area (Å²) >= 11 is 0. The Bertz CT molecular complexity index is 1130. The van der Waals surface area contributed by atoms with Gasteiger partial charge in [-0.1, -0.05) is 6.92 Å². The van der Waals surface area contributed by atoms with Gasteiger partial charge in [-0.3, -0.25) is 5.10 Å². The Morgan fingerprint density at radius 2 is 2.19 bits per heavy atom. The lowest BCUT2D eigenvalue weighted by Crippen LogP contribution is -2.08. The highest BCUT2D eigenvalue weighted by molar-refractivity contribution is 5.98. The van der Waals surface area contributed by atoms with Gasteiger partial charge in [-0.15, -0.1) is 0 Å². The molecule has 0 aliphatic rings. The summed E-state index contributed by atoms with van der Waals surface area (Å²) in [4.78, 5) is 0. The molecule has 3 heterocycles. The number of hydrogen-bond acceptors (Lipinski definition) is 4. The van der Waals surface area contributed by atoms with Crippen LogP contribution in [0.2, 0.25) is 0 Å². The normalized spacial score (nSPS) is 12.8. The van der Waals surface area contributed by atoms with E-state index in [2.05, 4.69) is 20.6 Å². The standard InChI is InChI=1S/C20H22FN5O/c1-11(10-27-4)17-19(21)12(2)18(15-9-23-24-20(15)17)13-5-6-26-14(7-13)8-16(22-3)25-26/h5-9,11H,10H2,1-4H3,(H,22,25)(H,23,24)/t11-/m1/s1. The van der Waals surface area contributed by atoms with E-state index in [1.165, 1.54) is 0 Å². The quantitative estimate of drug-likeness (QED) is 0.557. The van der Waals surface area contributed by atoms with Crippen LogP contribution in [0.3, 0.4) is 0 Å². The van der Waals surface area contributed by atoms with Crippen molar-refractivity contribution in [3.05, 3.63) is 47.5 Å². The van der Waals surface area contributed by atoms with Crippen LogP contribution in [0.15, 0.2) is 30.6 Å². The molecule has 4 rings (SSSR count). The maximum Gasteiger partial charge on any atom is 0.148 e. The van der Waals surface area contributed by atoms with Gasteiger partial charge in [0.05, 0.1) is 23.8 Å². The van der Waals surface area contributed by atoms with Crippen LogP contribution < -0.4 is 5.32 Å². The molecule has 1 atom stereocenters. The van der Waals surface area contributed by atoms with Gasteiger partial charge in [-0.25, -0.2) is 8.91 Å².